The molecule has 5 nitrogen and oxygen atoms in total. The van der Waals surface area contributed by atoms with E-state index in [-0.39, 0.29) is 4.90 Å². The van der Waals surface area contributed by atoms with Crippen molar-refractivity contribution in [2.75, 3.05) is 5.32 Å². The Morgan fingerprint density at radius 2 is 2.12 bits per heavy atom. The lowest BCUT2D eigenvalue weighted by Gasteiger charge is -2.10. The average Bonchev–Trinajstić information content (AvgIpc) is 3.00. The van der Waals surface area contributed by atoms with Crippen LogP contribution in [0.5, 0.6) is 0 Å². The van der Waals surface area contributed by atoms with Crippen LogP contribution in [0.15, 0.2) is 29.2 Å². The third-order valence-corrected chi connectivity index (χ3v) is 3.37. The summed E-state index contributed by atoms with van der Waals surface area (Å²) in [4.78, 5) is -0.156. The molecule has 0 aliphatic heterocycles. The molecule has 0 spiro atoms. The minimum atomic E-state index is -4.18. The topological polar surface area (TPSA) is 78.4 Å². The molecule has 0 aromatic heterocycles. The van der Waals surface area contributed by atoms with Crippen LogP contribution in [0.1, 0.15) is 12.8 Å². The molecule has 0 bridgehead atoms. The van der Waals surface area contributed by atoms with Gasteiger partial charge in [-0.25, -0.2) is 0 Å². The normalized spacial score (nSPS) is 15.4. The van der Waals surface area contributed by atoms with Crippen molar-refractivity contribution in [2.45, 2.75) is 23.8 Å². The molecule has 2 rings (SSSR count). The van der Waals surface area contributed by atoms with Crippen molar-refractivity contribution in [3.8, 4) is 0 Å². The van der Waals surface area contributed by atoms with E-state index in [2.05, 4.69) is 10.6 Å². The van der Waals surface area contributed by atoms with Crippen LogP contribution in [0.2, 0.25) is 0 Å². The SMILES string of the molecule is O=S(=O)(O)c1cccc(NC(=S)NC2CC2)c1. The van der Waals surface area contributed by atoms with Gasteiger partial charge in [-0.05, 0) is 43.3 Å². The third-order valence-electron chi connectivity index (χ3n) is 2.30. The van der Waals surface area contributed by atoms with Gasteiger partial charge in [0, 0.05) is 11.7 Å². The van der Waals surface area contributed by atoms with Gasteiger partial charge in [-0.1, -0.05) is 6.07 Å². The Kier molecular flexibility index (Phi) is 3.32. The van der Waals surface area contributed by atoms with Gasteiger partial charge in [0.05, 0.1) is 4.90 Å². The van der Waals surface area contributed by atoms with E-state index in [0.29, 0.717) is 16.8 Å². The smallest absolute Gasteiger partial charge is 0.294 e. The summed E-state index contributed by atoms with van der Waals surface area (Å²) >= 11 is 5.05. The molecule has 1 saturated carbocycles. The van der Waals surface area contributed by atoms with Crippen LogP contribution in [-0.2, 0) is 10.1 Å². The van der Waals surface area contributed by atoms with Crippen molar-refractivity contribution in [1.29, 1.82) is 0 Å². The summed E-state index contributed by atoms with van der Waals surface area (Å²) in [5.41, 5.74) is 0.526. The van der Waals surface area contributed by atoms with Gasteiger partial charge in [0.2, 0.25) is 0 Å². The highest BCUT2D eigenvalue weighted by atomic mass is 32.2. The fraction of sp³-hybridized carbons (Fsp3) is 0.300. The second kappa shape index (κ2) is 4.59. The number of nitrogens with one attached hydrogen (secondary N) is 2. The summed E-state index contributed by atoms with van der Waals surface area (Å²) in [7, 11) is -4.18. The second-order valence-corrected chi connectivity index (χ2v) is 5.71. The summed E-state index contributed by atoms with van der Waals surface area (Å²) in [5, 5.41) is 6.40. The lowest BCUT2D eigenvalue weighted by molar-refractivity contribution is 0.483. The van der Waals surface area contributed by atoms with Gasteiger partial charge in [0.1, 0.15) is 0 Å². The zero-order valence-electron chi connectivity index (χ0n) is 8.88. The lowest BCUT2D eigenvalue weighted by atomic mass is 10.3. The zero-order chi connectivity index (χ0) is 12.5. The van der Waals surface area contributed by atoms with E-state index in [4.69, 9.17) is 16.8 Å². The summed E-state index contributed by atoms with van der Waals surface area (Å²) < 4.78 is 30.8. The Hall–Kier alpha value is -1.18. The van der Waals surface area contributed by atoms with Crippen LogP contribution in [0.3, 0.4) is 0 Å². The minimum absolute atomic E-state index is 0.156. The maximum atomic E-state index is 10.9. The first-order valence-electron chi connectivity index (χ1n) is 5.10. The Labute approximate surface area is 105 Å². The minimum Gasteiger partial charge on any atom is -0.360 e. The average molecular weight is 272 g/mol. The summed E-state index contributed by atoms with van der Waals surface area (Å²) in [6.07, 6.45) is 2.21. The monoisotopic (exact) mass is 272 g/mol. The van der Waals surface area contributed by atoms with Crippen molar-refractivity contribution in [3.63, 3.8) is 0 Å². The third kappa shape index (κ3) is 3.65. The van der Waals surface area contributed by atoms with E-state index >= 15 is 0 Å². The van der Waals surface area contributed by atoms with Crippen LogP contribution < -0.4 is 10.6 Å². The number of anilines is 1. The fourth-order valence-electron chi connectivity index (χ4n) is 1.31. The Balaban J connectivity index is 2.07. The van der Waals surface area contributed by atoms with Crippen molar-refractivity contribution in [3.05, 3.63) is 24.3 Å². The highest BCUT2D eigenvalue weighted by Crippen LogP contribution is 2.19. The molecule has 1 fully saturated rings. The maximum Gasteiger partial charge on any atom is 0.294 e. The molecule has 3 N–H and O–H groups in total. The van der Waals surface area contributed by atoms with Crippen LogP contribution >= 0.6 is 12.2 Å². The van der Waals surface area contributed by atoms with E-state index < -0.39 is 10.1 Å². The van der Waals surface area contributed by atoms with Gasteiger partial charge in [-0.3, -0.25) is 4.55 Å². The van der Waals surface area contributed by atoms with E-state index in [1.165, 1.54) is 18.2 Å². The van der Waals surface area contributed by atoms with Crippen LogP contribution in [-0.4, -0.2) is 24.1 Å². The molecule has 0 unspecified atom stereocenters. The molecule has 0 saturated heterocycles. The Bertz CT molecular complexity index is 538. The summed E-state index contributed by atoms with van der Waals surface area (Å²) in [6, 6.07) is 6.29. The van der Waals surface area contributed by atoms with E-state index in [1.54, 1.807) is 6.07 Å². The molecule has 7 heteroatoms. The molecule has 0 atom stereocenters. The molecule has 1 aromatic rings. The van der Waals surface area contributed by atoms with Gasteiger partial charge < -0.3 is 10.6 Å². The van der Waals surface area contributed by atoms with E-state index in [9.17, 15) is 8.42 Å². The van der Waals surface area contributed by atoms with Gasteiger partial charge in [-0.15, -0.1) is 0 Å². The Morgan fingerprint density at radius 1 is 1.41 bits per heavy atom. The largest absolute Gasteiger partial charge is 0.360 e. The van der Waals surface area contributed by atoms with Crippen molar-refractivity contribution >= 4 is 33.1 Å². The first-order valence-corrected chi connectivity index (χ1v) is 6.95. The molecule has 1 aliphatic carbocycles. The van der Waals surface area contributed by atoms with Gasteiger partial charge >= 0.3 is 0 Å². The Morgan fingerprint density at radius 3 is 2.71 bits per heavy atom. The lowest BCUT2D eigenvalue weighted by Crippen LogP contribution is -2.30. The van der Waals surface area contributed by atoms with E-state index in [1.807, 2.05) is 0 Å². The second-order valence-electron chi connectivity index (χ2n) is 3.88. The maximum absolute atomic E-state index is 10.9. The predicted octanol–water partition coefficient (Wildman–Crippen LogP) is 1.38. The van der Waals surface area contributed by atoms with E-state index in [0.717, 1.165) is 12.8 Å². The molecular formula is C10H12N2O3S2. The standard InChI is InChI=1S/C10H12N2O3S2/c13-17(14,15)9-3-1-2-8(6-9)12-10(16)11-7-4-5-7/h1-3,6-7H,4-5H2,(H2,11,12,16)(H,13,14,15). The quantitative estimate of drug-likeness (QED) is 0.570. The highest BCUT2D eigenvalue weighted by Gasteiger charge is 2.21. The number of hydrogen-bond acceptors (Lipinski definition) is 3. The van der Waals surface area contributed by atoms with Crippen molar-refractivity contribution in [2.24, 2.45) is 0 Å². The molecule has 0 amide bonds. The predicted molar refractivity (Wildman–Crippen MR) is 68.6 cm³/mol. The molecule has 1 aromatic carbocycles. The number of hydrogen-bond donors (Lipinski definition) is 3. The zero-order valence-corrected chi connectivity index (χ0v) is 10.5. The van der Waals surface area contributed by atoms with Crippen LogP contribution in [0.4, 0.5) is 5.69 Å². The highest BCUT2D eigenvalue weighted by molar-refractivity contribution is 7.85. The summed E-state index contributed by atoms with van der Waals surface area (Å²) in [5.74, 6) is 0. The number of benzene rings is 1. The first kappa shape index (κ1) is 12.3. The van der Waals surface area contributed by atoms with Crippen molar-refractivity contribution < 1.29 is 13.0 Å². The molecule has 0 heterocycles. The molecule has 1 aliphatic rings. The number of thiocarbonyl (C=S) groups is 1. The molecule has 0 radical (unpaired) electrons. The molecule has 92 valence electrons. The van der Waals surface area contributed by atoms with Gasteiger partial charge in [0.25, 0.3) is 10.1 Å². The summed E-state index contributed by atoms with van der Waals surface area (Å²) in [6.45, 7) is 0. The van der Waals surface area contributed by atoms with Gasteiger partial charge in [0.15, 0.2) is 5.11 Å². The van der Waals surface area contributed by atoms with Gasteiger partial charge in [-0.2, -0.15) is 8.42 Å². The fourth-order valence-corrected chi connectivity index (χ4v) is 2.13. The van der Waals surface area contributed by atoms with Crippen LogP contribution in [0.25, 0.3) is 0 Å². The molecular weight excluding hydrogens is 260 g/mol. The molecule has 17 heavy (non-hydrogen) atoms. The van der Waals surface area contributed by atoms with Crippen LogP contribution in [0, 0.1) is 0 Å². The van der Waals surface area contributed by atoms with Crippen molar-refractivity contribution in [1.82, 2.24) is 5.32 Å². The first-order chi connectivity index (χ1) is 7.95. The number of rotatable bonds is 3.